The Labute approximate surface area is 217 Å². The van der Waals surface area contributed by atoms with E-state index in [0.717, 1.165) is 15.1 Å². The highest BCUT2D eigenvalue weighted by molar-refractivity contribution is 9.10. The van der Waals surface area contributed by atoms with Gasteiger partial charge in [-0.2, -0.15) is 0 Å². The fraction of sp³-hybridized carbons (Fsp3) is 0.154. The minimum absolute atomic E-state index is 0.0660. The van der Waals surface area contributed by atoms with Gasteiger partial charge in [-0.15, -0.1) is 0 Å². The van der Waals surface area contributed by atoms with Crippen LogP contribution in [0.4, 0.5) is 11.4 Å². The molecule has 0 aliphatic carbocycles. The van der Waals surface area contributed by atoms with Crippen LogP contribution in [-0.4, -0.2) is 30.2 Å². The molecule has 0 spiro atoms. The molecule has 1 atom stereocenters. The summed E-state index contributed by atoms with van der Waals surface area (Å²) in [5, 5.41) is 0. The molecule has 35 heavy (non-hydrogen) atoms. The molecular formula is C26H18Br2N2O5. The predicted octanol–water partition coefficient (Wildman–Crippen LogP) is 5.28. The van der Waals surface area contributed by atoms with E-state index >= 15 is 0 Å². The van der Waals surface area contributed by atoms with Crippen molar-refractivity contribution in [2.45, 2.75) is 13.3 Å². The van der Waals surface area contributed by atoms with Gasteiger partial charge in [-0.1, -0.05) is 31.9 Å². The van der Waals surface area contributed by atoms with Crippen LogP contribution in [0.3, 0.4) is 0 Å². The first-order valence-corrected chi connectivity index (χ1v) is 12.4. The van der Waals surface area contributed by atoms with Crippen LogP contribution in [0.1, 0.15) is 32.7 Å². The first-order chi connectivity index (χ1) is 16.7. The molecule has 2 heterocycles. The van der Waals surface area contributed by atoms with Crippen LogP contribution in [0, 0.1) is 12.8 Å². The molecule has 0 N–H and O–H groups in total. The summed E-state index contributed by atoms with van der Waals surface area (Å²) in [7, 11) is 0. The van der Waals surface area contributed by atoms with Crippen molar-refractivity contribution in [1.29, 1.82) is 0 Å². The van der Waals surface area contributed by atoms with Gasteiger partial charge < -0.3 is 9.64 Å². The summed E-state index contributed by atoms with van der Waals surface area (Å²) in [5.74, 6) is -1.76. The number of benzene rings is 3. The third-order valence-corrected chi connectivity index (χ3v) is 7.09. The predicted molar refractivity (Wildman–Crippen MR) is 137 cm³/mol. The highest BCUT2D eigenvalue weighted by atomic mass is 79.9. The fourth-order valence-electron chi connectivity index (χ4n) is 4.31. The molecule has 0 bridgehead atoms. The molecule has 2 aliphatic rings. The maximum Gasteiger partial charge on any atom is 0.316 e. The molecule has 3 amide bonds. The Kier molecular flexibility index (Phi) is 6.06. The third-order valence-electron chi connectivity index (χ3n) is 6.07. The van der Waals surface area contributed by atoms with Crippen LogP contribution in [0.5, 0.6) is 5.75 Å². The number of nitrogens with zero attached hydrogens (tertiary/aromatic N) is 2. The summed E-state index contributed by atoms with van der Waals surface area (Å²) in [6.45, 7) is 1.97. The van der Waals surface area contributed by atoms with Crippen molar-refractivity contribution < 1.29 is 23.9 Å². The van der Waals surface area contributed by atoms with Gasteiger partial charge >= 0.3 is 5.97 Å². The highest BCUT2D eigenvalue weighted by Crippen LogP contribution is 2.34. The number of halogens is 2. The second kappa shape index (κ2) is 9.05. The van der Waals surface area contributed by atoms with Crippen LogP contribution in [0.25, 0.3) is 0 Å². The van der Waals surface area contributed by atoms with Gasteiger partial charge in [0.1, 0.15) is 5.75 Å². The molecule has 2 aliphatic heterocycles. The number of hydrogen-bond donors (Lipinski definition) is 0. The van der Waals surface area contributed by atoms with Crippen LogP contribution in [0.15, 0.2) is 69.6 Å². The number of esters is 1. The molecule has 5 rings (SSSR count). The quantitative estimate of drug-likeness (QED) is 0.232. The van der Waals surface area contributed by atoms with E-state index < -0.39 is 23.7 Å². The summed E-state index contributed by atoms with van der Waals surface area (Å²) in [5.41, 5.74) is 2.42. The number of anilines is 2. The maximum absolute atomic E-state index is 12.9. The number of ether oxygens (including phenoxy) is 1. The second-order valence-corrected chi connectivity index (χ2v) is 10.2. The van der Waals surface area contributed by atoms with Gasteiger partial charge in [-0.05, 0) is 73.2 Å². The van der Waals surface area contributed by atoms with E-state index in [1.165, 1.54) is 0 Å². The smallest absolute Gasteiger partial charge is 0.316 e. The minimum atomic E-state index is -0.596. The van der Waals surface area contributed by atoms with Crippen LogP contribution >= 0.6 is 31.9 Å². The zero-order valence-electron chi connectivity index (χ0n) is 18.5. The molecule has 3 aromatic carbocycles. The van der Waals surface area contributed by atoms with Crippen molar-refractivity contribution in [3.63, 3.8) is 0 Å². The molecule has 7 nitrogen and oxygen atoms in total. The number of rotatable bonds is 4. The van der Waals surface area contributed by atoms with E-state index in [0.29, 0.717) is 26.9 Å². The van der Waals surface area contributed by atoms with Gasteiger partial charge in [-0.25, -0.2) is 4.90 Å². The van der Waals surface area contributed by atoms with Crippen molar-refractivity contribution in [2.24, 2.45) is 5.92 Å². The van der Waals surface area contributed by atoms with E-state index in [-0.39, 0.29) is 24.6 Å². The maximum atomic E-state index is 12.9. The summed E-state index contributed by atoms with van der Waals surface area (Å²) in [4.78, 5) is 53.8. The Morgan fingerprint density at radius 2 is 1.57 bits per heavy atom. The Morgan fingerprint density at radius 3 is 2.29 bits per heavy atom. The first kappa shape index (κ1) is 23.4. The lowest BCUT2D eigenvalue weighted by Gasteiger charge is -2.18. The van der Waals surface area contributed by atoms with Gasteiger partial charge in [0.05, 0.1) is 22.7 Å². The average Bonchev–Trinajstić information content (AvgIpc) is 3.32. The SMILES string of the molecule is Cc1cc(OC(=O)[C@H]2CC(=O)N(c3ccc(Br)cc3)C2)ccc1N1C(=O)c2ccc(Br)cc2C1=O. The standard InChI is InChI=1S/C26H18Br2N2O5/c1-14-10-19(7-9-22(14)30-24(32)20-8-4-17(28)12-21(20)25(30)33)35-26(34)15-11-23(31)29(13-15)18-5-2-16(27)3-6-18/h2-10,12,15H,11,13H2,1H3/t15-/m0/s1. The highest BCUT2D eigenvalue weighted by Gasteiger charge is 2.38. The Morgan fingerprint density at radius 1 is 0.886 bits per heavy atom. The average molecular weight is 598 g/mol. The molecule has 1 fully saturated rings. The molecular weight excluding hydrogens is 580 g/mol. The normalized spacial score (nSPS) is 17.2. The van der Waals surface area contributed by atoms with Crippen LogP contribution in [-0.2, 0) is 9.59 Å². The molecule has 0 aromatic heterocycles. The number of carbonyl (C=O) groups is 4. The van der Waals surface area contributed by atoms with E-state index in [1.807, 2.05) is 24.3 Å². The van der Waals surface area contributed by atoms with Crippen molar-refractivity contribution in [1.82, 2.24) is 0 Å². The summed E-state index contributed by atoms with van der Waals surface area (Å²) in [6.07, 6.45) is 0.0660. The third kappa shape index (κ3) is 4.30. The van der Waals surface area contributed by atoms with Gasteiger partial charge in [0, 0.05) is 27.6 Å². The lowest BCUT2D eigenvalue weighted by molar-refractivity contribution is -0.139. The zero-order chi connectivity index (χ0) is 24.9. The fourth-order valence-corrected chi connectivity index (χ4v) is 4.94. The number of hydrogen-bond acceptors (Lipinski definition) is 5. The van der Waals surface area contributed by atoms with E-state index in [1.54, 1.807) is 48.2 Å². The topological polar surface area (TPSA) is 84.0 Å². The molecule has 0 unspecified atom stereocenters. The Balaban J connectivity index is 1.30. The van der Waals surface area contributed by atoms with Crippen molar-refractivity contribution in [3.05, 3.63) is 86.3 Å². The molecule has 1 saturated heterocycles. The Hall–Kier alpha value is -3.30. The van der Waals surface area contributed by atoms with Crippen molar-refractivity contribution in [2.75, 3.05) is 16.3 Å². The summed E-state index contributed by atoms with van der Waals surface area (Å²) in [6, 6.07) is 17.0. The number of imide groups is 1. The van der Waals surface area contributed by atoms with E-state index in [4.69, 9.17) is 4.74 Å². The lowest BCUT2D eigenvalue weighted by atomic mass is 10.1. The number of amides is 3. The number of carbonyl (C=O) groups excluding carboxylic acids is 4. The molecule has 176 valence electrons. The van der Waals surface area contributed by atoms with Gasteiger partial charge in [0.2, 0.25) is 5.91 Å². The number of aryl methyl sites for hydroxylation is 1. The van der Waals surface area contributed by atoms with Crippen LogP contribution in [0.2, 0.25) is 0 Å². The van der Waals surface area contributed by atoms with Gasteiger partial charge in [0.15, 0.2) is 0 Å². The summed E-state index contributed by atoms with van der Waals surface area (Å²) < 4.78 is 7.17. The van der Waals surface area contributed by atoms with Crippen LogP contribution < -0.4 is 14.5 Å². The van der Waals surface area contributed by atoms with E-state index in [2.05, 4.69) is 31.9 Å². The van der Waals surface area contributed by atoms with Gasteiger partial charge in [-0.3, -0.25) is 19.2 Å². The Bertz CT molecular complexity index is 1400. The van der Waals surface area contributed by atoms with Gasteiger partial charge in [0.25, 0.3) is 11.8 Å². The van der Waals surface area contributed by atoms with Crippen molar-refractivity contribution >= 4 is 66.9 Å². The van der Waals surface area contributed by atoms with Crippen molar-refractivity contribution in [3.8, 4) is 5.75 Å². The number of fused-ring (bicyclic) bond motifs is 1. The largest absolute Gasteiger partial charge is 0.426 e. The molecule has 9 heteroatoms. The first-order valence-electron chi connectivity index (χ1n) is 10.8. The zero-order valence-corrected chi connectivity index (χ0v) is 21.6. The molecule has 3 aromatic rings. The summed E-state index contributed by atoms with van der Waals surface area (Å²) >= 11 is 6.70. The van der Waals surface area contributed by atoms with E-state index in [9.17, 15) is 19.2 Å². The molecule has 0 saturated carbocycles. The molecule has 0 radical (unpaired) electrons. The second-order valence-electron chi connectivity index (χ2n) is 8.39. The monoisotopic (exact) mass is 596 g/mol. The minimum Gasteiger partial charge on any atom is -0.426 e. The lowest BCUT2D eigenvalue weighted by Crippen LogP contribution is -2.30.